The van der Waals surface area contributed by atoms with Crippen molar-refractivity contribution in [2.24, 2.45) is 0 Å². The highest BCUT2D eigenvalue weighted by molar-refractivity contribution is 9.10. The van der Waals surface area contributed by atoms with Crippen LogP contribution in [0.1, 0.15) is 24.2 Å². The summed E-state index contributed by atoms with van der Waals surface area (Å²) in [5.41, 5.74) is 0.776. The molecule has 0 fully saturated rings. The topological polar surface area (TPSA) is 59.3 Å². The molecule has 0 amide bonds. The van der Waals surface area contributed by atoms with Crippen LogP contribution in [0.2, 0.25) is 0 Å². The zero-order chi connectivity index (χ0) is 15.9. The summed E-state index contributed by atoms with van der Waals surface area (Å²) in [6.07, 6.45) is -0.528. The van der Waals surface area contributed by atoms with E-state index in [4.69, 9.17) is 11.3 Å². The molecule has 0 radical (unpaired) electrons. The number of H-pyrrole nitrogens is 1. The molecule has 5 nitrogen and oxygen atoms in total. The zero-order valence-corrected chi connectivity index (χ0v) is 14.0. The quantitative estimate of drug-likeness (QED) is 0.501. The Balaban J connectivity index is 2.37. The predicted molar refractivity (Wildman–Crippen MR) is 85.4 cm³/mol. The smallest absolute Gasteiger partial charge is 0.259 e. The monoisotopic (exact) mass is 383 g/mol. The number of benzene rings is 1. The molecule has 2 aromatic rings. The summed E-state index contributed by atoms with van der Waals surface area (Å²) >= 11 is 4.56. The van der Waals surface area contributed by atoms with Gasteiger partial charge in [0.25, 0.3) is 5.56 Å². The van der Waals surface area contributed by atoms with Crippen molar-refractivity contribution in [2.45, 2.75) is 24.8 Å². The van der Waals surface area contributed by atoms with Crippen molar-refractivity contribution in [3.8, 4) is 0 Å². The molecule has 0 aliphatic carbocycles. The van der Waals surface area contributed by atoms with Crippen LogP contribution in [0, 0.1) is 12.4 Å². The van der Waals surface area contributed by atoms with Crippen LogP contribution in [0.4, 0.5) is 4.39 Å². The Kier molecular flexibility index (Phi) is 4.21. The van der Waals surface area contributed by atoms with Gasteiger partial charge in [-0.25, -0.2) is 15.9 Å². The molecule has 22 heavy (non-hydrogen) atoms. The fraction of sp³-hybridized carbons (Fsp3) is 0.357. The van der Waals surface area contributed by atoms with E-state index in [1.807, 2.05) is 6.92 Å². The number of aromatic amines is 1. The van der Waals surface area contributed by atoms with E-state index in [0.717, 1.165) is 0 Å². The maximum absolute atomic E-state index is 14.6. The Morgan fingerprint density at radius 3 is 3.09 bits per heavy atom. The lowest BCUT2D eigenvalue weighted by atomic mass is 10.00. The third-order valence-corrected chi connectivity index (χ3v) is 5.03. The zero-order valence-electron chi connectivity index (χ0n) is 11.6. The molecule has 1 aliphatic rings. The Morgan fingerprint density at radius 1 is 1.64 bits per heavy atom. The lowest BCUT2D eigenvalue weighted by Crippen LogP contribution is -2.15. The van der Waals surface area contributed by atoms with Gasteiger partial charge in [-0.1, -0.05) is 18.7 Å². The van der Waals surface area contributed by atoms with E-state index in [1.165, 1.54) is 11.8 Å². The molecule has 1 N–H and O–H groups in total. The van der Waals surface area contributed by atoms with Crippen LogP contribution in [-0.2, 0) is 11.3 Å². The summed E-state index contributed by atoms with van der Waals surface area (Å²) in [6, 6.07) is 0. The van der Waals surface area contributed by atoms with E-state index in [1.54, 1.807) is 0 Å². The molecule has 8 heteroatoms. The first-order valence-corrected chi connectivity index (χ1v) is 8.37. The number of nitrogens with one attached hydrogen (secondary N) is 1. The van der Waals surface area contributed by atoms with Crippen molar-refractivity contribution < 1.29 is 9.13 Å². The number of ether oxygens (including phenoxy) is 1. The minimum absolute atomic E-state index is 0.0193. The number of fused-ring (bicyclic) bond motifs is 3. The average molecular weight is 384 g/mol. The Bertz CT molecular complexity index is 862. The summed E-state index contributed by atoms with van der Waals surface area (Å²) in [6.45, 7) is 9.19. The first-order valence-electron chi connectivity index (χ1n) is 6.59. The van der Waals surface area contributed by atoms with Crippen LogP contribution in [0.15, 0.2) is 14.4 Å². The molecule has 1 unspecified atom stereocenters. The van der Waals surface area contributed by atoms with Crippen molar-refractivity contribution in [1.29, 1.82) is 0 Å². The molecular formula is C14H11BrFN3O2S. The van der Waals surface area contributed by atoms with Crippen molar-refractivity contribution in [3.63, 3.8) is 0 Å². The van der Waals surface area contributed by atoms with Gasteiger partial charge in [0.2, 0.25) is 6.54 Å². The highest BCUT2D eigenvalue weighted by Crippen LogP contribution is 2.41. The highest BCUT2D eigenvalue weighted by atomic mass is 79.9. The fourth-order valence-electron chi connectivity index (χ4n) is 2.56. The van der Waals surface area contributed by atoms with Crippen LogP contribution in [-0.4, -0.2) is 22.3 Å². The maximum atomic E-state index is 14.6. The summed E-state index contributed by atoms with van der Waals surface area (Å²) in [5, 5.41) is 0.564. The number of hydrogen-bond donors (Lipinski definition) is 1. The van der Waals surface area contributed by atoms with E-state index >= 15 is 0 Å². The second-order valence-corrected chi connectivity index (χ2v) is 6.73. The first kappa shape index (κ1) is 15.5. The average Bonchev–Trinajstić information content (AvgIpc) is 2.89. The molecule has 1 aliphatic heterocycles. The van der Waals surface area contributed by atoms with Crippen molar-refractivity contribution in [3.05, 3.63) is 43.2 Å². The van der Waals surface area contributed by atoms with E-state index in [2.05, 4.69) is 30.7 Å². The molecule has 0 bridgehead atoms. The molecule has 0 saturated carbocycles. The summed E-state index contributed by atoms with van der Waals surface area (Å²) in [7, 11) is 0. The van der Waals surface area contributed by atoms with E-state index in [9.17, 15) is 9.18 Å². The molecule has 1 atom stereocenters. The SMILES string of the molecule is [C-]#[N+]CC1OCc2c(Br)c(F)c3nc(SCC)[nH]c(=O)c3c21. The lowest BCUT2D eigenvalue weighted by molar-refractivity contribution is 0.0778. The van der Waals surface area contributed by atoms with Crippen LogP contribution >= 0.6 is 27.7 Å². The van der Waals surface area contributed by atoms with Crippen molar-refractivity contribution in [2.75, 3.05) is 12.3 Å². The van der Waals surface area contributed by atoms with Crippen LogP contribution in [0.5, 0.6) is 0 Å². The summed E-state index contributed by atoms with van der Waals surface area (Å²) < 4.78 is 20.4. The van der Waals surface area contributed by atoms with Gasteiger partial charge in [0, 0.05) is 11.1 Å². The third-order valence-electron chi connectivity index (χ3n) is 3.45. The molecule has 0 spiro atoms. The van der Waals surface area contributed by atoms with Gasteiger partial charge in [-0.15, -0.1) is 0 Å². The minimum Gasteiger partial charge on any atom is -0.361 e. The molecule has 1 aromatic carbocycles. The van der Waals surface area contributed by atoms with Gasteiger partial charge in [-0.05, 0) is 21.7 Å². The van der Waals surface area contributed by atoms with Gasteiger partial charge in [-0.2, -0.15) is 0 Å². The first-order chi connectivity index (χ1) is 10.6. The highest BCUT2D eigenvalue weighted by Gasteiger charge is 2.33. The fourth-order valence-corrected chi connectivity index (χ4v) is 3.67. The molecule has 0 saturated heterocycles. The Morgan fingerprint density at radius 2 is 2.41 bits per heavy atom. The number of aromatic nitrogens is 2. The number of nitrogens with zero attached hydrogens (tertiary/aromatic N) is 2. The van der Waals surface area contributed by atoms with Crippen molar-refractivity contribution in [1.82, 2.24) is 9.97 Å². The van der Waals surface area contributed by atoms with Gasteiger partial charge >= 0.3 is 0 Å². The molecule has 3 rings (SSSR count). The lowest BCUT2D eigenvalue weighted by Gasteiger charge is -2.11. The third kappa shape index (κ3) is 2.33. The molecule has 2 heterocycles. The van der Waals surface area contributed by atoms with Gasteiger partial charge in [-0.3, -0.25) is 4.79 Å². The second kappa shape index (κ2) is 5.99. The Hall–Kier alpha value is -1.43. The van der Waals surface area contributed by atoms with Gasteiger partial charge in [0.05, 0.1) is 16.5 Å². The predicted octanol–water partition coefficient (Wildman–Crippen LogP) is 3.43. The Labute approximate surface area is 138 Å². The number of halogens is 2. The number of rotatable bonds is 3. The van der Waals surface area contributed by atoms with E-state index in [-0.39, 0.29) is 28.5 Å². The summed E-state index contributed by atoms with van der Waals surface area (Å²) in [4.78, 5) is 22.7. The molecule has 114 valence electrons. The minimum atomic E-state index is -0.565. The van der Waals surface area contributed by atoms with Crippen molar-refractivity contribution >= 4 is 38.6 Å². The standard InChI is InChI=1S/C14H11BrFN3O2S/c1-3-22-14-18-12-9(13(20)19-14)8-6(10(15)11(12)16)5-21-7(8)4-17-2/h7H,3-5H2,1H3,(H,18,19,20). The normalized spacial score (nSPS) is 16.7. The molecular weight excluding hydrogens is 373 g/mol. The van der Waals surface area contributed by atoms with Crippen LogP contribution in [0.3, 0.4) is 0 Å². The van der Waals surface area contributed by atoms with Gasteiger partial charge < -0.3 is 14.6 Å². The van der Waals surface area contributed by atoms with Gasteiger partial charge in [0.1, 0.15) is 5.52 Å². The van der Waals surface area contributed by atoms with Crippen LogP contribution in [0.25, 0.3) is 15.7 Å². The van der Waals surface area contributed by atoms with E-state index in [0.29, 0.717) is 22.0 Å². The summed E-state index contributed by atoms with van der Waals surface area (Å²) in [5.74, 6) is 0.149. The number of thioether (sulfide) groups is 1. The van der Waals surface area contributed by atoms with E-state index < -0.39 is 17.5 Å². The second-order valence-electron chi connectivity index (χ2n) is 4.69. The largest absolute Gasteiger partial charge is 0.361 e. The maximum Gasteiger partial charge on any atom is 0.259 e. The molecule has 1 aromatic heterocycles. The number of hydrogen-bond acceptors (Lipinski definition) is 4. The van der Waals surface area contributed by atoms with Crippen LogP contribution < -0.4 is 5.56 Å². The van der Waals surface area contributed by atoms with Gasteiger partial charge in [0.15, 0.2) is 17.1 Å².